The largest absolute Gasteiger partial charge is 0.497 e. The van der Waals surface area contributed by atoms with Crippen LogP contribution in [0, 0.1) is 11.8 Å². The van der Waals surface area contributed by atoms with E-state index in [1.165, 1.54) is 0 Å². The van der Waals surface area contributed by atoms with Crippen LogP contribution in [0.15, 0.2) is 77.2 Å². The molecule has 4 rings (SSSR count). The Morgan fingerprint density at radius 3 is 2.59 bits per heavy atom. The van der Waals surface area contributed by atoms with Gasteiger partial charge in [0.15, 0.2) is 6.29 Å². The molecule has 0 saturated heterocycles. The molecule has 0 bridgehead atoms. The molecule has 0 atom stereocenters. The van der Waals surface area contributed by atoms with E-state index >= 15 is 0 Å². The van der Waals surface area contributed by atoms with E-state index in [2.05, 4.69) is 11.8 Å². The first-order valence-corrected chi connectivity index (χ1v) is 8.52. The maximum absolute atomic E-state index is 11.7. The minimum Gasteiger partial charge on any atom is -0.497 e. The van der Waals surface area contributed by atoms with Crippen molar-refractivity contribution in [3.8, 4) is 28.9 Å². The first kappa shape index (κ1) is 16.7. The Labute approximate surface area is 157 Å². The third-order valence-corrected chi connectivity index (χ3v) is 4.33. The number of carbonyl (C=O) groups is 1. The van der Waals surface area contributed by atoms with Crippen molar-refractivity contribution >= 4 is 17.3 Å². The van der Waals surface area contributed by atoms with Gasteiger partial charge in [0, 0.05) is 22.1 Å². The molecule has 0 aliphatic rings. The number of ether oxygens (including phenoxy) is 1. The summed E-state index contributed by atoms with van der Waals surface area (Å²) >= 11 is 0. The van der Waals surface area contributed by atoms with Crippen LogP contribution in [-0.2, 0) is 0 Å². The molecule has 0 amide bonds. The number of hydrogen-bond acceptors (Lipinski definition) is 3. The zero-order valence-corrected chi connectivity index (χ0v) is 14.7. The van der Waals surface area contributed by atoms with Gasteiger partial charge in [-0.3, -0.25) is 4.79 Å². The number of furan rings is 1. The van der Waals surface area contributed by atoms with Gasteiger partial charge in [-0.05, 0) is 36.4 Å². The fourth-order valence-electron chi connectivity index (χ4n) is 3.01. The Hall–Kier alpha value is -3.77. The van der Waals surface area contributed by atoms with Gasteiger partial charge in [-0.15, -0.1) is 0 Å². The molecule has 0 spiro atoms. The van der Waals surface area contributed by atoms with Gasteiger partial charge in [-0.1, -0.05) is 48.2 Å². The van der Waals surface area contributed by atoms with Gasteiger partial charge in [0.1, 0.15) is 17.1 Å². The van der Waals surface area contributed by atoms with Gasteiger partial charge in [-0.25, -0.2) is 0 Å². The number of carbonyl (C=O) groups excluding carboxylic acids is 1. The van der Waals surface area contributed by atoms with Crippen molar-refractivity contribution in [2.75, 3.05) is 7.11 Å². The highest BCUT2D eigenvalue weighted by molar-refractivity contribution is 6.03. The summed E-state index contributed by atoms with van der Waals surface area (Å²) in [6, 6.07) is 22.8. The lowest BCUT2D eigenvalue weighted by molar-refractivity contribution is 0.112. The monoisotopic (exact) mass is 352 g/mol. The Morgan fingerprint density at radius 2 is 1.74 bits per heavy atom. The quantitative estimate of drug-likeness (QED) is 0.370. The minimum atomic E-state index is 0.543. The first-order chi connectivity index (χ1) is 13.3. The maximum atomic E-state index is 11.7. The summed E-state index contributed by atoms with van der Waals surface area (Å²) in [5, 5.41) is 0.804. The fourth-order valence-corrected chi connectivity index (χ4v) is 3.01. The zero-order chi connectivity index (χ0) is 18.6. The predicted molar refractivity (Wildman–Crippen MR) is 106 cm³/mol. The number of hydrogen-bond donors (Lipinski definition) is 0. The summed E-state index contributed by atoms with van der Waals surface area (Å²) in [5.74, 6) is 7.65. The molecular formula is C24H16O3. The lowest BCUT2D eigenvalue weighted by atomic mass is 10.0. The number of para-hydroxylation sites is 1. The average Bonchev–Trinajstić information content (AvgIpc) is 3.11. The minimum absolute atomic E-state index is 0.543. The van der Waals surface area contributed by atoms with Crippen LogP contribution in [0.25, 0.3) is 22.3 Å². The normalized spacial score (nSPS) is 10.3. The molecule has 3 aromatic carbocycles. The Morgan fingerprint density at radius 1 is 0.926 bits per heavy atom. The highest BCUT2D eigenvalue weighted by Crippen LogP contribution is 2.34. The van der Waals surface area contributed by atoms with E-state index in [0.29, 0.717) is 16.9 Å². The van der Waals surface area contributed by atoms with Gasteiger partial charge in [0.2, 0.25) is 0 Å². The average molecular weight is 352 g/mol. The van der Waals surface area contributed by atoms with Crippen LogP contribution in [0.2, 0.25) is 0 Å². The van der Waals surface area contributed by atoms with Gasteiger partial charge in [-0.2, -0.15) is 0 Å². The predicted octanol–water partition coefficient (Wildman–Crippen LogP) is 5.32. The van der Waals surface area contributed by atoms with E-state index in [4.69, 9.17) is 9.15 Å². The van der Waals surface area contributed by atoms with Crippen LogP contribution < -0.4 is 4.74 Å². The second kappa shape index (κ2) is 7.23. The molecule has 3 heteroatoms. The summed E-state index contributed by atoms with van der Waals surface area (Å²) in [6.07, 6.45) is 0.841. The fraction of sp³-hybridized carbons (Fsp3) is 0.0417. The van der Waals surface area contributed by atoms with E-state index in [9.17, 15) is 4.79 Å². The van der Waals surface area contributed by atoms with Crippen LogP contribution in [-0.4, -0.2) is 13.4 Å². The lowest BCUT2D eigenvalue weighted by Gasteiger charge is -2.02. The highest BCUT2D eigenvalue weighted by Gasteiger charge is 2.16. The molecule has 130 valence electrons. The number of aldehydes is 1. The van der Waals surface area contributed by atoms with E-state index in [0.717, 1.165) is 34.1 Å². The third-order valence-electron chi connectivity index (χ3n) is 4.33. The molecule has 0 fully saturated rings. The molecule has 0 aliphatic heterocycles. The van der Waals surface area contributed by atoms with E-state index in [1.54, 1.807) is 7.11 Å². The molecule has 0 unspecified atom stereocenters. The van der Waals surface area contributed by atoms with Gasteiger partial charge < -0.3 is 9.15 Å². The number of rotatable bonds is 3. The smallest absolute Gasteiger partial charge is 0.154 e. The molecule has 1 heterocycles. The maximum Gasteiger partial charge on any atom is 0.154 e. The summed E-state index contributed by atoms with van der Waals surface area (Å²) in [5.41, 5.74) is 3.67. The summed E-state index contributed by atoms with van der Waals surface area (Å²) in [6.45, 7) is 0. The van der Waals surface area contributed by atoms with Crippen molar-refractivity contribution in [3.05, 3.63) is 89.5 Å². The van der Waals surface area contributed by atoms with Crippen LogP contribution >= 0.6 is 0 Å². The molecule has 0 aliphatic carbocycles. The topological polar surface area (TPSA) is 39.4 Å². The molecule has 0 N–H and O–H groups in total. The summed E-state index contributed by atoms with van der Waals surface area (Å²) in [4.78, 5) is 11.7. The standard InChI is InChI=1S/C24H16O3/c1-26-19-9-6-7-17(15-19)13-14-18-8-2-3-10-20(18)24-22(16-25)21-11-4-5-12-23(21)27-24/h2-12,15-16H,1H3. The summed E-state index contributed by atoms with van der Waals surface area (Å²) < 4.78 is 11.2. The summed E-state index contributed by atoms with van der Waals surface area (Å²) in [7, 11) is 1.63. The molecule has 1 aromatic heterocycles. The van der Waals surface area contributed by atoms with Crippen molar-refractivity contribution in [2.45, 2.75) is 0 Å². The third kappa shape index (κ3) is 3.21. The van der Waals surface area contributed by atoms with Gasteiger partial charge in [0.25, 0.3) is 0 Å². The van der Waals surface area contributed by atoms with Gasteiger partial charge in [0.05, 0.1) is 12.7 Å². The van der Waals surface area contributed by atoms with Crippen LogP contribution in [0.3, 0.4) is 0 Å². The first-order valence-electron chi connectivity index (χ1n) is 8.52. The lowest BCUT2D eigenvalue weighted by Crippen LogP contribution is -1.87. The highest BCUT2D eigenvalue weighted by atomic mass is 16.5. The second-order valence-electron chi connectivity index (χ2n) is 5.99. The Kier molecular flexibility index (Phi) is 4.47. The molecule has 0 radical (unpaired) electrons. The zero-order valence-electron chi connectivity index (χ0n) is 14.7. The van der Waals surface area contributed by atoms with E-state index < -0.39 is 0 Å². The van der Waals surface area contributed by atoms with Crippen LogP contribution in [0.4, 0.5) is 0 Å². The van der Waals surface area contributed by atoms with Crippen LogP contribution in [0.5, 0.6) is 5.75 Å². The van der Waals surface area contributed by atoms with Crippen molar-refractivity contribution in [1.29, 1.82) is 0 Å². The number of methoxy groups -OCH3 is 1. The number of fused-ring (bicyclic) bond motifs is 1. The van der Waals surface area contributed by atoms with Gasteiger partial charge >= 0.3 is 0 Å². The molecule has 0 saturated carbocycles. The Bertz CT molecular complexity index is 1190. The molecule has 3 nitrogen and oxygen atoms in total. The number of benzene rings is 3. The second-order valence-corrected chi connectivity index (χ2v) is 5.99. The Balaban J connectivity index is 1.84. The molecular weight excluding hydrogens is 336 g/mol. The molecule has 27 heavy (non-hydrogen) atoms. The van der Waals surface area contributed by atoms with E-state index in [-0.39, 0.29) is 0 Å². The SMILES string of the molecule is COc1cccc(C#Cc2ccccc2-c2oc3ccccc3c2C=O)c1. The van der Waals surface area contributed by atoms with Crippen molar-refractivity contribution in [3.63, 3.8) is 0 Å². The van der Waals surface area contributed by atoms with E-state index in [1.807, 2.05) is 72.8 Å². The van der Waals surface area contributed by atoms with Crippen molar-refractivity contribution in [1.82, 2.24) is 0 Å². The van der Waals surface area contributed by atoms with Crippen LogP contribution in [0.1, 0.15) is 21.5 Å². The van der Waals surface area contributed by atoms with Crippen molar-refractivity contribution in [2.24, 2.45) is 0 Å². The van der Waals surface area contributed by atoms with Crippen molar-refractivity contribution < 1.29 is 13.9 Å². The molecule has 4 aromatic rings.